The number of morpholine rings is 1. The molecule has 2 fully saturated rings. The summed E-state index contributed by atoms with van der Waals surface area (Å²) < 4.78 is 11.4. The van der Waals surface area contributed by atoms with E-state index >= 15 is 0 Å². The van der Waals surface area contributed by atoms with Crippen molar-refractivity contribution in [1.82, 2.24) is 20.0 Å². The standard InChI is InChI=1S/C17H23ClN4O4/c1-16(2,3)26-15(24)22-8-9-25-17(11-22)6-7-21(10-17)14(23)12-4-5-13(18)20-19-12/h4-5H,6-11H2,1-3H3. The summed E-state index contributed by atoms with van der Waals surface area (Å²) in [6, 6.07) is 3.09. The molecule has 26 heavy (non-hydrogen) atoms. The van der Waals surface area contributed by atoms with E-state index in [4.69, 9.17) is 21.1 Å². The SMILES string of the molecule is CC(C)(C)OC(=O)N1CCOC2(CCN(C(=O)c3ccc(Cl)nn3)C2)C1. The molecule has 0 aliphatic carbocycles. The Labute approximate surface area is 157 Å². The number of halogens is 1. The van der Waals surface area contributed by atoms with Gasteiger partial charge in [0, 0.05) is 13.1 Å². The zero-order chi connectivity index (χ0) is 18.9. The van der Waals surface area contributed by atoms with Gasteiger partial charge in [0.15, 0.2) is 10.8 Å². The topological polar surface area (TPSA) is 84.9 Å². The molecule has 2 amide bonds. The van der Waals surface area contributed by atoms with E-state index in [1.807, 2.05) is 20.8 Å². The fourth-order valence-electron chi connectivity index (χ4n) is 3.18. The maximum atomic E-state index is 12.6. The molecule has 142 valence electrons. The lowest BCUT2D eigenvalue weighted by Gasteiger charge is -2.40. The van der Waals surface area contributed by atoms with Crippen LogP contribution in [0, 0.1) is 0 Å². The van der Waals surface area contributed by atoms with E-state index in [1.165, 1.54) is 6.07 Å². The molecule has 2 aliphatic rings. The number of amides is 2. The molecule has 2 aliphatic heterocycles. The second-order valence-corrected chi connectivity index (χ2v) is 8.04. The van der Waals surface area contributed by atoms with Crippen molar-refractivity contribution in [2.45, 2.75) is 38.4 Å². The zero-order valence-electron chi connectivity index (χ0n) is 15.2. The number of ether oxygens (including phenoxy) is 2. The lowest BCUT2D eigenvalue weighted by molar-refractivity contribution is -0.100. The fraction of sp³-hybridized carbons (Fsp3) is 0.647. The summed E-state index contributed by atoms with van der Waals surface area (Å²) in [7, 11) is 0. The van der Waals surface area contributed by atoms with Gasteiger partial charge in [-0.2, -0.15) is 0 Å². The van der Waals surface area contributed by atoms with Crippen LogP contribution in [0.3, 0.4) is 0 Å². The maximum absolute atomic E-state index is 12.6. The van der Waals surface area contributed by atoms with Crippen molar-refractivity contribution in [2.24, 2.45) is 0 Å². The number of rotatable bonds is 1. The van der Waals surface area contributed by atoms with Gasteiger partial charge < -0.3 is 19.3 Å². The van der Waals surface area contributed by atoms with Gasteiger partial charge in [0.05, 0.1) is 19.7 Å². The zero-order valence-corrected chi connectivity index (χ0v) is 16.0. The monoisotopic (exact) mass is 382 g/mol. The van der Waals surface area contributed by atoms with Crippen LogP contribution in [0.1, 0.15) is 37.7 Å². The van der Waals surface area contributed by atoms with Crippen LogP contribution in [0.5, 0.6) is 0 Å². The van der Waals surface area contributed by atoms with Gasteiger partial charge in [-0.1, -0.05) is 11.6 Å². The molecule has 0 radical (unpaired) electrons. The molecular weight excluding hydrogens is 360 g/mol. The van der Waals surface area contributed by atoms with Crippen LogP contribution in [0.25, 0.3) is 0 Å². The molecule has 0 bridgehead atoms. The van der Waals surface area contributed by atoms with Crippen molar-refractivity contribution in [1.29, 1.82) is 0 Å². The highest BCUT2D eigenvalue weighted by Crippen LogP contribution is 2.30. The van der Waals surface area contributed by atoms with Gasteiger partial charge in [0.2, 0.25) is 0 Å². The summed E-state index contributed by atoms with van der Waals surface area (Å²) in [4.78, 5) is 28.3. The summed E-state index contributed by atoms with van der Waals surface area (Å²) in [6.45, 7) is 7.74. The van der Waals surface area contributed by atoms with Crippen LogP contribution < -0.4 is 0 Å². The number of hydrogen-bond acceptors (Lipinski definition) is 6. The third-order valence-corrected chi connectivity index (χ3v) is 4.56. The lowest BCUT2D eigenvalue weighted by atomic mass is 10.0. The van der Waals surface area contributed by atoms with E-state index in [0.717, 1.165) is 0 Å². The largest absolute Gasteiger partial charge is 0.444 e. The van der Waals surface area contributed by atoms with E-state index in [1.54, 1.807) is 15.9 Å². The predicted octanol–water partition coefficient (Wildman–Crippen LogP) is 1.98. The van der Waals surface area contributed by atoms with Crippen LogP contribution in [-0.2, 0) is 9.47 Å². The van der Waals surface area contributed by atoms with Crippen LogP contribution in [0.4, 0.5) is 4.79 Å². The normalized spacial score (nSPS) is 23.4. The number of carbonyl (C=O) groups excluding carboxylic acids is 2. The Hall–Kier alpha value is -1.93. The third-order valence-electron chi connectivity index (χ3n) is 4.35. The molecule has 3 heterocycles. The number of nitrogens with zero attached hydrogens (tertiary/aromatic N) is 4. The molecule has 8 nitrogen and oxygen atoms in total. The van der Waals surface area contributed by atoms with Crippen LogP contribution >= 0.6 is 11.6 Å². The highest BCUT2D eigenvalue weighted by atomic mass is 35.5. The molecule has 1 unspecified atom stereocenters. The van der Waals surface area contributed by atoms with E-state index in [9.17, 15) is 9.59 Å². The quantitative estimate of drug-likeness (QED) is 0.738. The highest BCUT2D eigenvalue weighted by molar-refractivity contribution is 6.29. The van der Waals surface area contributed by atoms with Crippen molar-refractivity contribution in [3.8, 4) is 0 Å². The molecule has 1 spiro atoms. The molecule has 1 aromatic heterocycles. The Bertz CT molecular complexity index is 691. The maximum Gasteiger partial charge on any atom is 0.410 e. The van der Waals surface area contributed by atoms with Gasteiger partial charge in [-0.25, -0.2) is 4.79 Å². The van der Waals surface area contributed by atoms with Crippen molar-refractivity contribution >= 4 is 23.6 Å². The van der Waals surface area contributed by atoms with Gasteiger partial charge in [0.1, 0.15) is 11.2 Å². The van der Waals surface area contributed by atoms with Gasteiger partial charge in [-0.15, -0.1) is 10.2 Å². The molecule has 0 saturated carbocycles. The smallest absolute Gasteiger partial charge is 0.410 e. The van der Waals surface area contributed by atoms with Crippen LogP contribution in [-0.4, -0.2) is 76.0 Å². The van der Waals surface area contributed by atoms with Gasteiger partial charge in [-0.3, -0.25) is 4.79 Å². The first-order valence-electron chi connectivity index (χ1n) is 8.58. The van der Waals surface area contributed by atoms with Gasteiger partial charge in [0.25, 0.3) is 5.91 Å². The Morgan fingerprint density at radius 3 is 2.58 bits per heavy atom. The first-order chi connectivity index (χ1) is 12.2. The fourth-order valence-corrected chi connectivity index (χ4v) is 3.28. The van der Waals surface area contributed by atoms with E-state index in [0.29, 0.717) is 39.2 Å². The third kappa shape index (κ3) is 4.24. The highest BCUT2D eigenvalue weighted by Gasteiger charge is 2.46. The van der Waals surface area contributed by atoms with Crippen molar-refractivity contribution < 1.29 is 19.1 Å². The average molecular weight is 383 g/mol. The first-order valence-corrected chi connectivity index (χ1v) is 8.96. The predicted molar refractivity (Wildman–Crippen MR) is 94.1 cm³/mol. The molecule has 0 N–H and O–H groups in total. The molecular formula is C17H23ClN4O4. The first kappa shape index (κ1) is 18.8. The summed E-state index contributed by atoms with van der Waals surface area (Å²) in [6.07, 6.45) is 0.299. The lowest BCUT2D eigenvalue weighted by Crippen LogP contribution is -2.56. The van der Waals surface area contributed by atoms with Crippen LogP contribution in [0.15, 0.2) is 12.1 Å². The summed E-state index contributed by atoms with van der Waals surface area (Å²) in [5, 5.41) is 7.79. The van der Waals surface area contributed by atoms with E-state index in [2.05, 4.69) is 10.2 Å². The molecule has 1 atom stereocenters. The molecule has 0 aromatic carbocycles. The second-order valence-electron chi connectivity index (χ2n) is 7.65. The summed E-state index contributed by atoms with van der Waals surface area (Å²) in [5.74, 6) is -0.218. The molecule has 1 aromatic rings. The number of hydrogen-bond donors (Lipinski definition) is 0. The second kappa shape index (κ2) is 7.00. The molecule has 3 rings (SSSR count). The van der Waals surface area contributed by atoms with Crippen molar-refractivity contribution in [2.75, 3.05) is 32.8 Å². The Balaban J connectivity index is 1.65. The van der Waals surface area contributed by atoms with Gasteiger partial charge >= 0.3 is 6.09 Å². The minimum absolute atomic E-state index is 0.218. The van der Waals surface area contributed by atoms with E-state index < -0.39 is 11.2 Å². The summed E-state index contributed by atoms with van der Waals surface area (Å²) in [5.41, 5.74) is -0.871. The van der Waals surface area contributed by atoms with Crippen molar-refractivity contribution in [3.63, 3.8) is 0 Å². The van der Waals surface area contributed by atoms with Crippen LogP contribution in [0.2, 0.25) is 5.15 Å². The minimum Gasteiger partial charge on any atom is -0.444 e. The molecule has 2 saturated heterocycles. The minimum atomic E-state index is -0.565. The number of likely N-dealkylation sites (tertiary alicyclic amines) is 1. The van der Waals surface area contributed by atoms with E-state index in [-0.39, 0.29) is 22.8 Å². The average Bonchev–Trinajstić information content (AvgIpc) is 2.97. The van der Waals surface area contributed by atoms with Crippen molar-refractivity contribution in [3.05, 3.63) is 23.0 Å². The summed E-state index contributed by atoms with van der Waals surface area (Å²) >= 11 is 5.72. The molecule has 9 heteroatoms. The Morgan fingerprint density at radius 2 is 1.92 bits per heavy atom. The number of carbonyl (C=O) groups is 2. The van der Waals surface area contributed by atoms with Gasteiger partial charge in [-0.05, 0) is 39.3 Å². The Kier molecular flexibility index (Phi) is 5.07. The Morgan fingerprint density at radius 1 is 1.19 bits per heavy atom. The number of aromatic nitrogens is 2.